The molecule has 0 heterocycles. The van der Waals surface area contributed by atoms with E-state index in [1.54, 1.807) is 0 Å². The molecule has 2 atom stereocenters. The maximum atomic E-state index is 9.46. The highest BCUT2D eigenvalue weighted by molar-refractivity contribution is 4.84. The zero-order valence-electron chi connectivity index (χ0n) is 5.65. The highest BCUT2D eigenvalue weighted by atomic mass is 16.3. The summed E-state index contributed by atoms with van der Waals surface area (Å²) in [5.74, 6) is 0.516. The molecule has 0 amide bonds. The maximum absolute atomic E-state index is 9.46. The van der Waals surface area contributed by atoms with Crippen LogP contribution in [-0.4, -0.2) is 10.7 Å². The Bertz CT molecular complexity index is 86.4. The molecule has 1 nitrogen and oxygen atoms in total. The molecule has 0 saturated heterocycles. The summed E-state index contributed by atoms with van der Waals surface area (Å²) in [6.07, 6.45) is 3.40. The lowest BCUT2D eigenvalue weighted by atomic mass is 9.95. The van der Waals surface area contributed by atoms with Crippen LogP contribution < -0.4 is 0 Å². The second-order valence-corrected chi connectivity index (χ2v) is 3.15. The zero-order chi connectivity index (χ0) is 6.20. The smallest absolute Gasteiger partial charge is 0.0645 e. The maximum Gasteiger partial charge on any atom is 0.0645 e. The van der Waals surface area contributed by atoms with Crippen molar-refractivity contribution in [2.24, 2.45) is 5.92 Å². The molecule has 0 bridgehead atoms. The molecule has 1 aliphatic carbocycles. The van der Waals surface area contributed by atoms with E-state index in [4.69, 9.17) is 0 Å². The van der Waals surface area contributed by atoms with Crippen molar-refractivity contribution in [2.45, 2.75) is 38.7 Å². The molecule has 1 heteroatoms. The van der Waals surface area contributed by atoms with E-state index in [0.717, 1.165) is 6.42 Å². The normalized spacial score (nSPS) is 47.6. The molecule has 0 aromatic rings. The van der Waals surface area contributed by atoms with Gasteiger partial charge in [-0.3, -0.25) is 0 Å². The first-order valence-corrected chi connectivity index (χ1v) is 3.35. The van der Waals surface area contributed by atoms with Gasteiger partial charge in [0.2, 0.25) is 0 Å². The number of aliphatic hydroxyl groups is 1. The van der Waals surface area contributed by atoms with Gasteiger partial charge in [-0.2, -0.15) is 0 Å². The summed E-state index contributed by atoms with van der Waals surface area (Å²) >= 11 is 0. The summed E-state index contributed by atoms with van der Waals surface area (Å²) in [5, 5.41) is 9.46. The van der Waals surface area contributed by atoms with Gasteiger partial charge in [0, 0.05) is 0 Å². The molecule has 1 aliphatic rings. The van der Waals surface area contributed by atoms with Gasteiger partial charge in [-0.1, -0.05) is 13.3 Å². The second-order valence-electron chi connectivity index (χ2n) is 3.15. The Morgan fingerprint density at radius 1 is 1.62 bits per heavy atom. The molecule has 0 unspecified atom stereocenters. The van der Waals surface area contributed by atoms with Crippen LogP contribution in [0.15, 0.2) is 0 Å². The van der Waals surface area contributed by atoms with Crippen LogP contribution in [0.1, 0.15) is 33.1 Å². The van der Waals surface area contributed by atoms with Crippen LogP contribution in [0.2, 0.25) is 0 Å². The minimum atomic E-state index is -0.347. The van der Waals surface area contributed by atoms with E-state index in [9.17, 15) is 5.11 Å². The van der Waals surface area contributed by atoms with Crippen LogP contribution in [0.4, 0.5) is 0 Å². The van der Waals surface area contributed by atoms with Crippen LogP contribution in [0.25, 0.3) is 0 Å². The van der Waals surface area contributed by atoms with Crippen LogP contribution in [0, 0.1) is 5.92 Å². The first-order chi connectivity index (χ1) is 3.63. The van der Waals surface area contributed by atoms with Gasteiger partial charge in [-0.15, -0.1) is 0 Å². The summed E-state index contributed by atoms with van der Waals surface area (Å²) in [7, 11) is 0. The van der Waals surface area contributed by atoms with E-state index in [1.807, 2.05) is 6.92 Å². The lowest BCUT2D eigenvalue weighted by Gasteiger charge is -2.20. The van der Waals surface area contributed by atoms with Crippen molar-refractivity contribution in [3.05, 3.63) is 0 Å². The van der Waals surface area contributed by atoms with Gasteiger partial charge in [0.25, 0.3) is 0 Å². The van der Waals surface area contributed by atoms with Crippen molar-refractivity contribution in [1.29, 1.82) is 0 Å². The summed E-state index contributed by atoms with van der Waals surface area (Å²) in [5.41, 5.74) is -0.347. The molecule has 1 fully saturated rings. The molecule has 0 spiro atoms. The third-order valence-electron chi connectivity index (χ3n) is 2.38. The minimum absolute atomic E-state index is 0.347. The van der Waals surface area contributed by atoms with Crippen LogP contribution in [0.3, 0.4) is 0 Å². The molecule has 1 rings (SSSR count). The fraction of sp³-hybridized carbons (Fsp3) is 1.00. The van der Waals surface area contributed by atoms with E-state index < -0.39 is 0 Å². The fourth-order valence-corrected chi connectivity index (χ4v) is 1.32. The molecule has 0 aromatic heterocycles. The Kier molecular flexibility index (Phi) is 1.31. The first kappa shape index (κ1) is 6.09. The standard InChI is InChI=1S/C7H14O/c1-6-4-3-5-7(6,2)8/h6,8H,3-5H2,1-2H3/t6-,7-/m1/s1. The van der Waals surface area contributed by atoms with E-state index in [2.05, 4.69) is 6.92 Å². The highest BCUT2D eigenvalue weighted by Gasteiger charge is 2.32. The predicted molar refractivity (Wildman–Crippen MR) is 33.6 cm³/mol. The molecule has 0 radical (unpaired) electrons. The van der Waals surface area contributed by atoms with Gasteiger partial charge in [0.15, 0.2) is 0 Å². The van der Waals surface area contributed by atoms with Crippen LogP contribution >= 0.6 is 0 Å². The fourth-order valence-electron chi connectivity index (χ4n) is 1.32. The molecular weight excluding hydrogens is 100 g/mol. The Hall–Kier alpha value is -0.0400. The SMILES string of the molecule is C[C@@H]1CCC[C@@]1(C)O. The molecular formula is C7H14O. The average molecular weight is 114 g/mol. The Balaban J connectivity index is 2.54. The van der Waals surface area contributed by atoms with Crippen molar-refractivity contribution in [3.63, 3.8) is 0 Å². The van der Waals surface area contributed by atoms with Crippen LogP contribution in [-0.2, 0) is 0 Å². The largest absolute Gasteiger partial charge is 0.390 e. The van der Waals surface area contributed by atoms with Gasteiger partial charge >= 0.3 is 0 Å². The van der Waals surface area contributed by atoms with Gasteiger partial charge in [0.1, 0.15) is 0 Å². The number of rotatable bonds is 0. The molecule has 8 heavy (non-hydrogen) atoms. The van der Waals surface area contributed by atoms with Gasteiger partial charge in [-0.05, 0) is 25.7 Å². The molecule has 0 aromatic carbocycles. The zero-order valence-corrected chi connectivity index (χ0v) is 5.65. The van der Waals surface area contributed by atoms with E-state index in [1.165, 1.54) is 12.8 Å². The lowest BCUT2D eigenvalue weighted by Crippen LogP contribution is -2.26. The molecule has 48 valence electrons. The first-order valence-electron chi connectivity index (χ1n) is 3.35. The van der Waals surface area contributed by atoms with Crippen molar-refractivity contribution in [3.8, 4) is 0 Å². The third kappa shape index (κ3) is 0.873. The minimum Gasteiger partial charge on any atom is -0.390 e. The number of hydrogen-bond acceptors (Lipinski definition) is 1. The van der Waals surface area contributed by atoms with Gasteiger partial charge in [-0.25, -0.2) is 0 Å². The molecule has 1 saturated carbocycles. The third-order valence-corrected chi connectivity index (χ3v) is 2.38. The topological polar surface area (TPSA) is 20.2 Å². The van der Waals surface area contributed by atoms with Crippen LogP contribution in [0.5, 0.6) is 0 Å². The Morgan fingerprint density at radius 2 is 2.25 bits per heavy atom. The van der Waals surface area contributed by atoms with Crippen molar-refractivity contribution >= 4 is 0 Å². The van der Waals surface area contributed by atoms with Gasteiger partial charge < -0.3 is 5.11 Å². The van der Waals surface area contributed by atoms with Crippen molar-refractivity contribution < 1.29 is 5.11 Å². The van der Waals surface area contributed by atoms with Crippen molar-refractivity contribution in [1.82, 2.24) is 0 Å². The van der Waals surface area contributed by atoms with E-state index in [0.29, 0.717) is 5.92 Å². The second kappa shape index (κ2) is 1.73. The average Bonchev–Trinajstić information content (AvgIpc) is 1.86. The quantitative estimate of drug-likeness (QED) is 0.506. The lowest BCUT2D eigenvalue weighted by molar-refractivity contribution is 0.0284. The van der Waals surface area contributed by atoms with E-state index >= 15 is 0 Å². The summed E-state index contributed by atoms with van der Waals surface area (Å²) < 4.78 is 0. The van der Waals surface area contributed by atoms with Crippen molar-refractivity contribution in [2.75, 3.05) is 0 Å². The molecule has 1 N–H and O–H groups in total. The number of hydrogen-bond donors (Lipinski definition) is 1. The molecule has 0 aliphatic heterocycles. The Morgan fingerprint density at radius 3 is 2.38 bits per heavy atom. The monoisotopic (exact) mass is 114 g/mol. The Labute approximate surface area is 50.7 Å². The van der Waals surface area contributed by atoms with Gasteiger partial charge in [0.05, 0.1) is 5.60 Å². The summed E-state index contributed by atoms with van der Waals surface area (Å²) in [6.45, 7) is 4.05. The summed E-state index contributed by atoms with van der Waals surface area (Å²) in [6, 6.07) is 0. The summed E-state index contributed by atoms with van der Waals surface area (Å²) in [4.78, 5) is 0. The highest BCUT2D eigenvalue weighted by Crippen LogP contribution is 2.34. The van der Waals surface area contributed by atoms with E-state index in [-0.39, 0.29) is 5.60 Å². The predicted octanol–water partition coefficient (Wildman–Crippen LogP) is 1.56.